The fourth-order valence-electron chi connectivity index (χ4n) is 2.72. The fourth-order valence-corrected chi connectivity index (χ4v) is 2.72. The second kappa shape index (κ2) is 6.03. The summed E-state index contributed by atoms with van der Waals surface area (Å²) in [6, 6.07) is 5.89. The van der Waals surface area contributed by atoms with Crippen LogP contribution in [-0.2, 0) is 16.0 Å². The maximum Gasteiger partial charge on any atom is 0.337 e. The molecule has 0 aliphatic carbocycles. The highest BCUT2D eigenvalue weighted by Gasteiger charge is 2.27. The van der Waals surface area contributed by atoms with Gasteiger partial charge in [0.05, 0.1) is 25.9 Å². The number of esters is 1. The second-order valence-corrected chi connectivity index (χ2v) is 5.81. The van der Waals surface area contributed by atoms with E-state index < -0.39 is 0 Å². The predicted octanol–water partition coefficient (Wildman–Crippen LogP) is 1.70. The number of carbonyl (C=O) groups excluding carboxylic acids is 1. The average molecular weight is 291 g/mol. The van der Waals surface area contributed by atoms with E-state index in [9.17, 15) is 4.79 Å². The van der Waals surface area contributed by atoms with E-state index in [0.717, 1.165) is 37.6 Å². The van der Waals surface area contributed by atoms with E-state index >= 15 is 0 Å². The molecule has 0 aromatic heterocycles. The number of rotatable bonds is 3. The lowest BCUT2D eigenvalue weighted by Gasteiger charge is -2.34. The van der Waals surface area contributed by atoms with Gasteiger partial charge in [0.15, 0.2) is 0 Å². The van der Waals surface area contributed by atoms with Gasteiger partial charge < -0.3 is 14.2 Å². The van der Waals surface area contributed by atoms with Crippen molar-refractivity contribution in [1.29, 1.82) is 0 Å². The van der Waals surface area contributed by atoms with Crippen LogP contribution in [0.2, 0.25) is 0 Å². The summed E-state index contributed by atoms with van der Waals surface area (Å²) in [6.07, 6.45) is 0. The average Bonchev–Trinajstić information content (AvgIpc) is 2.61. The molecule has 114 valence electrons. The van der Waals surface area contributed by atoms with Crippen LogP contribution in [0.4, 0.5) is 0 Å². The molecule has 21 heavy (non-hydrogen) atoms. The van der Waals surface area contributed by atoms with Crippen molar-refractivity contribution in [2.24, 2.45) is 5.92 Å². The largest absolute Gasteiger partial charge is 0.492 e. The number of methoxy groups -OCH3 is 1. The molecular formula is C16H21NO4. The molecule has 0 bridgehead atoms. The van der Waals surface area contributed by atoms with Crippen molar-refractivity contribution in [3.63, 3.8) is 0 Å². The molecule has 0 radical (unpaired) electrons. The molecule has 1 aromatic rings. The molecular weight excluding hydrogens is 270 g/mol. The number of hydrogen-bond acceptors (Lipinski definition) is 5. The highest BCUT2D eigenvalue weighted by molar-refractivity contribution is 5.89. The van der Waals surface area contributed by atoms with Gasteiger partial charge in [0, 0.05) is 30.6 Å². The molecule has 2 aliphatic rings. The molecule has 2 aliphatic heterocycles. The highest BCUT2D eigenvalue weighted by atomic mass is 16.5. The van der Waals surface area contributed by atoms with E-state index in [0.29, 0.717) is 24.1 Å². The Balaban J connectivity index is 1.78. The third-order valence-electron chi connectivity index (χ3n) is 4.16. The highest BCUT2D eigenvalue weighted by Crippen LogP contribution is 2.28. The second-order valence-electron chi connectivity index (χ2n) is 5.81. The molecule has 1 aromatic carbocycles. The Kier molecular flexibility index (Phi) is 4.12. The first-order valence-corrected chi connectivity index (χ1v) is 7.33. The van der Waals surface area contributed by atoms with Gasteiger partial charge in [-0.1, -0.05) is 6.07 Å². The van der Waals surface area contributed by atoms with Crippen LogP contribution in [-0.4, -0.2) is 50.4 Å². The standard InChI is InChI=1S/C16H21NO4/c1-11-8-21-15-5-13(16(18)19-2)3-4-14(15)7-17(11)6-12-9-20-10-12/h3-5,11-12H,6-10H2,1-2H3/t11-/m0/s1. The van der Waals surface area contributed by atoms with Crippen LogP contribution in [0.15, 0.2) is 18.2 Å². The Hall–Kier alpha value is -1.59. The maximum atomic E-state index is 11.6. The van der Waals surface area contributed by atoms with Crippen LogP contribution in [0, 0.1) is 5.92 Å². The van der Waals surface area contributed by atoms with E-state index in [2.05, 4.69) is 11.8 Å². The summed E-state index contributed by atoms with van der Waals surface area (Å²) in [7, 11) is 1.39. The molecule has 5 heteroatoms. The Morgan fingerprint density at radius 1 is 1.38 bits per heavy atom. The van der Waals surface area contributed by atoms with E-state index in [-0.39, 0.29) is 5.97 Å². The summed E-state index contributed by atoms with van der Waals surface area (Å²) in [4.78, 5) is 14.0. The first-order chi connectivity index (χ1) is 10.2. The Bertz CT molecular complexity index is 527. The smallest absolute Gasteiger partial charge is 0.337 e. The van der Waals surface area contributed by atoms with Gasteiger partial charge in [-0.3, -0.25) is 4.90 Å². The molecule has 3 rings (SSSR count). The van der Waals surface area contributed by atoms with Crippen LogP contribution in [0.1, 0.15) is 22.8 Å². The van der Waals surface area contributed by atoms with Gasteiger partial charge in [-0.15, -0.1) is 0 Å². The first kappa shape index (κ1) is 14.4. The van der Waals surface area contributed by atoms with Crippen molar-refractivity contribution in [3.05, 3.63) is 29.3 Å². The molecule has 0 saturated carbocycles. The fraction of sp³-hybridized carbons (Fsp3) is 0.562. The Labute approximate surface area is 124 Å². The molecule has 0 unspecified atom stereocenters. The summed E-state index contributed by atoms with van der Waals surface area (Å²) in [5.74, 6) is 1.09. The van der Waals surface area contributed by atoms with Gasteiger partial charge in [0.25, 0.3) is 0 Å². The predicted molar refractivity (Wildman–Crippen MR) is 77.5 cm³/mol. The quantitative estimate of drug-likeness (QED) is 0.793. The molecule has 1 fully saturated rings. The van der Waals surface area contributed by atoms with Crippen molar-refractivity contribution in [1.82, 2.24) is 4.90 Å². The molecule has 0 spiro atoms. The van der Waals surface area contributed by atoms with E-state index in [1.165, 1.54) is 7.11 Å². The Morgan fingerprint density at radius 3 is 2.86 bits per heavy atom. The van der Waals surface area contributed by atoms with Crippen molar-refractivity contribution in [3.8, 4) is 5.75 Å². The van der Waals surface area contributed by atoms with E-state index in [1.807, 2.05) is 6.07 Å². The molecule has 0 amide bonds. The molecule has 1 saturated heterocycles. The van der Waals surface area contributed by atoms with Crippen LogP contribution >= 0.6 is 0 Å². The Morgan fingerprint density at radius 2 is 2.19 bits per heavy atom. The lowest BCUT2D eigenvalue weighted by atomic mass is 10.1. The minimum Gasteiger partial charge on any atom is -0.492 e. The lowest BCUT2D eigenvalue weighted by Crippen LogP contribution is -2.43. The summed E-state index contributed by atoms with van der Waals surface area (Å²) in [5.41, 5.74) is 1.65. The van der Waals surface area contributed by atoms with E-state index in [4.69, 9.17) is 14.2 Å². The van der Waals surface area contributed by atoms with Crippen molar-refractivity contribution >= 4 is 5.97 Å². The third-order valence-corrected chi connectivity index (χ3v) is 4.16. The summed E-state index contributed by atoms with van der Waals surface area (Å²) < 4.78 is 15.9. The lowest BCUT2D eigenvalue weighted by molar-refractivity contribution is -0.0529. The van der Waals surface area contributed by atoms with Crippen molar-refractivity contribution in [2.45, 2.75) is 19.5 Å². The number of hydrogen-bond donors (Lipinski definition) is 0. The third kappa shape index (κ3) is 3.04. The molecule has 2 heterocycles. The van der Waals surface area contributed by atoms with Gasteiger partial charge in [0.1, 0.15) is 12.4 Å². The molecule has 1 atom stereocenters. The number of ether oxygens (including phenoxy) is 3. The van der Waals surface area contributed by atoms with Gasteiger partial charge in [0.2, 0.25) is 0 Å². The molecule has 5 nitrogen and oxygen atoms in total. The number of carbonyl (C=O) groups is 1. The van der Waals surface area contributed by atoms with Crippen LogP contribution in [0.3, 0.4) is 0 Å². The minimum atomic E-state index is -0.331. The zero-order valence-electron chi connectivity index (χ0n) is 12.5. The number of fused-ring (bicyclic) bond motifs is 1. The van der Waals surface area contributed by atoms with Crippen molar-refractivity contribution in [2.75, 3.05) is 33.5 Å². The number of nitrogens with zero attached hydrogens (tertiary/aromatic N) is 1. The van der Waals surface area contributed by atoms with Gasteiger partial charge in [-0.05, 0) is 19.1 Å². The first-order valence-electron chi connectivity index (χ1n) is 7.33. The van der Waals surface area contributed by atoms with Gasteiger partial charge >= 0.3 is 5.97 Å². The zero-order valence-corrected chi connectivity index (χ0v) is 12.5. The summed E-state index contributed by atoms with van der Waals surface area (Å²) in [6.45, 7) is 6.39. The minimum absolute atomic E-state index is 0.331. The van der Waals surface area contributed by atoms with Crippen molar-refractivity contribution < 1.29 is 19.0 Å². The van der Waals surface area contributed by atoms with Crippen LogP contribution in [0.25, 0.3) is 0 Å². The monoisotopic (exact) mass is 291 g/mol. The topological polar surface area (TPSA) is 48.0 Å². The van der Waals surface area contributed by atoms with Crippen LogP contribution < -0.4 is 4.74 Å². The summed E-state index contributed by atoms with van der Waals surface area (Å²) >= 11 is 0. The zero-order chi connectivity index (χ0) is 14.8. The maximum absolute atomic E-state index is 11.6. The van der Waals surface area contributed by atoms with Gasteiger partial charge in [-0.25, -0.2) is 4.79 Å². The summed E-state index contributed by atoms with van der Waals surface area (Å²) in [5, 5.41) is 0. The SMILES string of the molecule is COC(=O)c1ccc2c(c1)OC[C@H](C)N(CC1COC1)C2. The van der Waals surface area contributed by atoms with Crippen LogP contribution in [0.5, 0.6) is 5.75 Å². The normalized spacial score (nSPS) is 22.7. The molecule has 0 N–H and O–H groups in total. The van der Waals surface area contributed by atoms with E-state index in [1.54, 1.807) is 12.1 Å². The van der Waals surface area contributed by atoms with Gasteiger partial charge in [-0.2, -0.15) is 0 Å². The number of benzene rings is 1.